The second kappa shape index (κ2) is 6.52. The molecule has 0 aliphatic heterocycles. The van der Waals surface area contributed by atoms with Gasteiger partial charge in [0.1, 0.15) is 6.04 Å². The van der Waals surface area contributed by atoms with Gasteiger partial charge >= 0.3 is 0 Å². The van der Waals surface area contributed by atoms with Gasteiger partial charge < -0.3 is 15.8 Å². The van der Waals surface area contributed by atoms with Crippen molar-refractivity contribution in [3.8, 4) is 0 Å². The molecule has 0 saturated carbocycles. The Morgan fingerprint density at radius 2 is 2.11 bits per heavy atom. The molecule has 0 radical (unpaired) electrons. The van der Waals surface area contributed by atoms with Gasteiger partial charge in [-0.05, 0) is 31.9 Å². The van der Waals surface area contributed by atoms with E-state index in [1.165, 1.54) is 18.2 Å². The molecule has 0 aliphatic rings. The predicted octanol–water partition coefficient (Wildman–Crippen LogP) is 1.45. The second-order valence-electron chi connectivity index (χ2n) is 4.65. The van der Waals surface area contributed by atoms with Gasteiger partial charge in [0.2, 0.25) is 5.91 Å². The normalized spacial score (nSPS) is 14.1. The molecular formula is C14H22N2O2. The first-order chi connectivity index (χ1) is 8.45. The molecular weight excluding hydrogens is 228 g/mol. The summed E-state index contributed by atoms with van der Waals surface area (Å²) in [5, 5.41) is 2.90. The van der Waals surface area contributed by atoms with Gasteiger partial charge in [-0.2, -0.15) is 0 Å². The third kappa shape index (κ3) is 3.82. The lowest BCUT2D eigenvalue weighted by molar-refractivity contribution is -0.124. The molecule has 2 atom stereocenters. The van der Waals surface area contributed by atoms with Crippen molar-refractivity contribution in [1.82, 2.24) is 5.32 Å². The minimum absolute atomic E-state index is 0.0546. The number of amides is 1. The van der Waals surface area contributed by atoms with Crippen LogP contribution in [-0.2, 0) is 9.53 Å². The van der Waals surface area contributed by atoms with E-state index in [4.69, 9.17) is 10.5 Å². The van der Waals surface area contributed by atoms with Crippen molar-refractivity contribution < 1.29 is 9.53 Å². The number of carbonyl (C=O) groups excluding carboxylic acids is 1. The molecule has 0 fully saturated rings. The van der Waals surface area contributed by atoms with E-state index in [2.05, 4.69) is 18.3 Å². The number of carbonyl (C=O) groups is 1. The smallest absolute Gasteiger partial charge is 0.239 e. The van der Waals surface area contributed by atoms with E-state index in [0.717, 1.165) is 5.56 Å². The Labute approximate surface area is 109 Å². The van der Waals surface area contributed by atoms with Crippen LogP contribution in [0.15, 0.2) is 18.2 Å². The lowest BCUT2D eigenvalue weighted by atomic mass is 10.00. The first kappa shape index (κ1) is 14.7. The molecule has 18 heavy (non-hydrogen) atoms. The van der Waals surface area contributed by atoms with Crippen molar-refractivity contribution in [2.75, 3.05) is 13.7 Å². The van der Waals surface area contributed by atoms with Crippen LogP contribution in [0.25, 0.3) is 0 Å². The first-order valence-electron chi connectivity index (χ1n) is 6.07. The summed E-state index contributed by atoms with van der Waals surface area (Å²) < 4.78 is 4.87. The molecule has 0 aliphatic carbocycles. The standard InChI is InChI=1S/C14H22N2O2/c1-9-5-6-12(10(2)7-9)11(3)16-14(17)13(15)8-18-4/h5-7,11,13H,8,15H2,1-4H3,(H,16,17). The number of benzene rings is 1. The van der Waals surface area contributed by atoms with E-state index in [9.17, 15) is 4.79 Å². The zero-order chi connectivity index (χ0) is 13.7. The highest BCUT2D eigenvalue weighted by molar-refractivity contribution is 5.82. The van der Waals surface area contributed by atoms with Crippen LogP contribution >= 0.6 is 0 Å². The highest BCUT2D eigenvalue weighted by atomic mass is 16.5. The molecule has 0 spiro atoms. The van der Waals surface area contributed by atoms with Crippen molar-refractivity contribution in [1.29, 1.82) is 0 Å². The Bertz CT molecular complexity index is 418. The number of nitrogens with one attached hydrogen (secondary N) is 1. The fourth-order valence-electron chi connectivity index (χ4n) is 1.96. The van der Waals surface area contributed by atoms with E-state index < -0.39 is 6.04 Å². The van der Waals surface area contributed by atoms with Gasteiger partial charge in [-0.3, -0.25) is 4.79 Å². The fraction of sp³-hybridized carbons (Fsp3) is 0.500. The van der Waals surface area contributed by atoms with Crippen molar-refractivity contribution in [2.24, 2.45) is 5.73 Å². The van der Waals surface area contributed by atoms with Crippen LogP contribution in [0.2, 0.25) is 0 Å². The van der Waals surface area contributed by atoms with E-state index in [-0.39, 0.29) is 18.6 Å². The van der Waals surface area contributed by atoms with Crippen molar-refractivity contribution in [3.05, 3.63) is 34.9 Å². The molecule has 1 aromatic rings. The molecule has 3 N–H and O–H groups in total. The zero-order valence-corrected chi connectivity index (χ0v) is 11.5. The van der Waals surface area contributed by atoms with Gasteiger partial charge in [-0.1, -0.05) is 23.8 Å². The molecule has 1 amide bonds. The first-order valence-corrected chi connectivity index (χ1v) is 6.07. The van der Waals surface area contributed by atoms with Gasteiger partial charge in [-0.25, -0.2) is 0 Å². The number of ether oxygens (including phenoxy) is 1. The van der Waals surface area contributed by atoms with Crippen LogP contribution in [0, 0.1) is 13.8 Å². The summed E-state index contributed by atoms with van der Waals surface area (Å²) in [6.45, 7) is 6.27. The largest absolute Gasteiger partial charge is 0.383 e. The molecule has 0 heterocycles. The quantitative estimate of drug-likeness (QED) is 0.831. The SMILES string of the molecule is COCC(N)C(=O)NC(C)c1ccc(C)cc1C. The predicted molar refractivity (Wildman–Crippen MR) is 72.3 cm³/mol. The van der Waals surface area contributed by atoms with Crippen LogP contribution in [0.1, 0.15) is 29.7 Å². The lowest BCUT2D eigenvalue weighted by Crippen LogP contribution is -2.44. The Hall–Kier alpha value is -1.39. The summed E-state index contributed by atoms with van der Waals surface area (Å²) in [5.74, 6) is -0.190. The summed E-state index contributed by atoms with van der Waals surface area (Å²) in [7, 11) is 1.53. The Morgan fingerprint density at radius 3 is 2.67 bits per heavy atom. The highest BCUT2D eigenvalue weighted by Crippen LogP contribution is 2.18. The zero-order valence-electron chi connectivity index (χ0n) is 11.5. The maximum atomic E-state index is 11.8. The van der Waals surface area contributed by atoms with E-state index >= 15 is 0 Å². The molecule has 2 unspecified atom stereocenters. The van der Waals surface area contributed by atoms with Gasteiger partial charge in [-0.15, -0.1) is 0 Å². The van der Waals surface area contributed by atoms with Gasteiger partial charge in [0, 0.05) is 7.11 Å². The monoisotopic (exact) mass is 250 g/mol. The van der Waals surface area contributed by atoms with Crippen molar-refractivity contribution >= 4 is 5.91 Å². The molecule has 0 saturated heterocycles. The number of hydrogen-bond acceptors (Lipinski definition) is 3. The summed E-state index contributed by atoms with van der Waals surface area (Å²) in [6, 6.07) is 5.51. The van der Waals surface area contributed by atoms with E-state index in [0.29, 0.717) is 0 Å². The number of aryl methyl sites for hydroxylation is 2. The fourth-order valence-corrected chi connectivity index (χ4v) is 1.96. The molecule has 1 aromatic carbocycles. The average molecular weight is 250 g/mol. The Balaban J connectivity index is 2.70. The lowest BCUT2D eigenvalue weighted by Gasteiger charge is -2.19. The third-order valence-electron chi connectivity index (χ3n) is 2.93. The molecule has 4 nitrogen and oxygen atoms in total. The van der Waals surface area contributed by atoms with Crippen LogP contribution in [0.3, 0.4) is 0 Å². The van der Waals surface area contributed by atoms with Crippen LogP contribution in [0.5, 0.6) is 0 Å². The summed E-state index contributed by atoms with van der Waals surface area (Å²) in [6.07, 6.45) is 0. The Morgan fingerprint density at radius 1 is 1.44 bits per heavy atom. The average Bonchev–Trinajstić information content (AvgIpc) is 2.28. The molecule has 100 valence electrons. The van der Waals surface area contributed by atoms with Crippen molar-refractivity contribution in [2.45, 2.75) is 32.9 Å². The molecule has 4 heteroatoms. The van der Waals surface area contributed by atoms with Gasteiger partial charge in [0.25, 0.3) is 0 Å². The minimum Gasteiger partial charge on any atom is -0.383 e. The summed E-state index contributed by atoms with van der Waals surface area (Å²) in [4.78, 5) is 11.8. The highest BCUT2D eigenvalue weighted by Gasteiger charge is 2.17. The van der Waals surface area contributed by atoms with Crippen LogP contribution in [0.4, 0.5) is 0 Å². The van der Waals surface area contributed by atoms with Crippen LogP contribution in [-0.4, -0.2) is 25.7 Å². The maximum absolute atomic E-state index is 11.8. The number of methoxy groups -OCH3 is 1. The summed E-state index contributed by atoms with van der Waals surface area (Å²) in [5.41, 5.74) is 9.17. The number of nitrogens with two attached hydrogens (primary N) is 1. The van der Waals surface area contributed by atoms with Crippen LogP contribution < -0.4 is 11.1 Å². The molecule has 1 rings (SSSR count). The van der Waals surface area contributed by atoms with E-state index in [1.807, 2.05) is 26.0 Å². The van der Waals surface area contributed by atoms with Gasteiger partial charge in [0.05, 0.1) is 12.6 Å². The molecule has 0 aromatic heterocycles. The minimum atomic E-state index is -0.622. The molecule has 0 bridgehead atoms. The topological polar surface area (TPSA) is 64.3 Å². The number of rotatable bonds is 5. The summed E-state index contributed by atoms with van der Waals surface area (Å²) >= 11 is 0. The number of hydrogen-bond donors (Lipinski definition) is 2. The van der Waals surface area contributed by atoms with E-state index in [1.54, 1.807) is 0 Å². The third-order valence-corrected chi connectivity index (χ3v) is 2.93. The maximum Gasteiger partial charge on any atom is 0.239 e. The second-order valence-corrected chi connectivity index (χ2v) is 4.65. The Kier molecular flexibility index (Phi) is 5.31. The van der Waals surface area contributed by atoms with Crippen molar-refractivity contribution in [3.63, 3.8) is 0 Å². The van der Waals surface area contributed by atoms with Gasteiger partial charge in [0.15, 0.2) is 0 Å².